The van der Waals surface area contributed by atoms with Crippen molar-refractivity contribution in [3.63, 3.8) is 0 Å². The molecule has 23 heavy (non-hydrogen) atoms. The van der Waals surface area contributed by atoms with E-state index in [-0.39, 0.29) is 0 Å². The molecule has 0 nitrogen and oxygen atoms in total. The van der Waals surface area contributed by atoms with E-state index in [9.17, 15) is 0 Å². The summed E-state index contributed by atoms with van der Waals surface area (Å²) < 4.78 is 1.36. The van der Waals surface area contributed by atoms with Gasteiger partial charge in [-0.05, 0) is 102 Å². The molecular weight excluding hydrogens is 391 g/mol. The highest BCUT2D eigenvalue weighted by atomic mass is 127. The Hall–Kier alpha value is -0.0500. The lowest BCUT2D eigenvalue weighted by atomic mass is 9.68. The van der Waals surface area contributed by atoms with Gasteiger partial charge < -0.3 is 0 Å². The first-order valence-corrected chi connectivity index (χ1v) is 11.1. The predicted octanol–water partition coefficient (Wildman–Crippen LogP) is 7.56. The van der Waals surface area contributed by atoms with E-state index >= 15 is 0 Å². The van der Waals surface area contributed by atoms with Gasteiger partial charge in [0.05, 0.1) is 0 Å². The normalized spacial score (nSPS) is 31.9. The third-order valence-corrected chi connectivity index (χ3v) is 7.36. The number of unbranched alkanes of at least 4 members (excludes halogenated alkanes) is 1. The predicted molar refractivity (Wildman–Crippen MR) is 109 cm³/mol. The van der Waals surface area contributed by atoms with Crippen molar-refractivity contribution in [2.24, 2.45) is 17.8 Å². The van der Waals surface area contributed by atoms with Crippen LogP contribution in [0.1, 0.15) is 89.0 Å². The van der Waals surface area contributed by atoms with Crippen LogP contribution in [0.15, 0.2) is 24.3 Å². The summed E-state index contributed by atoms with van der Waals surface area (Å²) in [7, 11) is 0. The first kappa shape index (κ1) is 17.8. The fraction of sp³-hybridized carbons (Fsp3) is 0.727. The zero-order valence-electron chi connectivity index (χ0n) is 14.8. The fourth-order valence-corrected chi connectivity index (χ4v) is 5.46. The van der Waals surface area contributed by atoms with Crippen molar-refractivity contribution < 1.29 is 0 Å². The monoisotopic (exact) mass is 424 g/mol. The summed E-state index contributed by atoms with van der Waals surface area (Å²) in [6.07, 6.45) is 16.3. The van der Waals surface area contributed by atoms with Crippen molar-refractivity contribution in [2.45, 2.75) is 83.5 Å². The number of rotatable bonds is 5. The summed E-state index contributed by atoms with van der Waals surface area (Å²) >= 11 is 2.41. The zero-order chi connectivity index (χ0) is 16.1. The van der Waals surface area contributed by atoms with Gasteiger partial charge in [-0.2, -0.15) is 0 Å². The van der Waals surface area contributed by atoms with Crippen molar-refractivity contribution >= 4 is 22.6 Å². The van der Waals surface area contributed by atoms with Gasteiger partial charge in [0.25, 0.3) is 0 Å². The lowest BCUT2D eigenvalue weighted by molar-refractivity contribution is 0.156. The van der Waals surface area contributed by atoms with Gasteiger partial charge in [0.15, 0.2) is 0 Å². The van der Waals surface area contributed by atoms with Crippen LogP contribution in [-0.2, 0) is 0 Å². The Bertz CT molecular complexity index is 447. The minimum absolute atomic E-state index is 0.837. The van der Waals surface area contributed by atoms with Crippen molar-refractivity contribution in [1.29, 1.82) is 0 Å². The molecule has 0 unspecified atom stereocenters. The van der Waals surface area contributed by atoms with E-state index in [1.54, 1.807) is 5.56 Å². The molecule has 0 aliphatic heterocycles. The van der Waals surface area contributed by atoms with Crippen LogP contribution in [0.3, 0.4) is 0 Å². The lowest BCUT2D eigenvalue weighted by Crippen LogP contribution is -2.25. The van der Waals surface area contributed by atoms with E-state index in [1.165, 1.54) is 74.2 Å². The Labute approximate surface area is 157 Å². The Morgan fingerprint density at radius 2 is 1.39 bits per heavy atom. The van der Waals surface area contributed by atoms with E-state index in [4.69, 9.17) is 0 Å². The number of halogens is 1. The third-order valence-electron chi connectivity index (χ3n) is 6.64. The molecule has 0 amide bonds. The molecular formula is C22H33I. The standard InChI is InChI=1S/C22H33I/c1-2-3-4-17-5-7-18(8-6-17)19-9-11-20(12-10-19)21-13-15-22(23)16-14-21/h13-20H,2-12H2,1H3. The number of hydrogen-bond donors (Lipinski definition) is 0. The Morgan fingerprint density at radius 3 is 1.96 bits per heavy atom. The minimum Gasteiger partial charge on any atom is -0.0654 e. The fourth-order valence-electron chi connectivity index (χ4n) is 5.10. The van der Waals surface area contributed by atoms with Crippen molar-refractivity contribution in [2.75, 3.05) is 0 Å². The van der Waals surface area contributed by atoms with Crippen LogP contribution in [-0.4, -0.2) is 0 Å². The van der Waals surface area contributed by atoms with Crippen molar-refractivity contribution in [1.82, 2.24) is 0 Å². The lowest BCUT2D eigenvalue weighted by Gasteiger charge is -2.38. The van der Waals surface area contributed by atoms with Crippen molar-refractivity contribution in [3.05, 3.63) is 33.4 Å². The van der Waals surface area contributed by atoms with E-state index in [2.05, 4.69) is 53.8 Å². The Balaban J connectivity index is 1.43. The van der Waals surface area contributed by atoms with Crippen LogP contribution in [0.4, 0.5) is 0 Å². The second kappa shape index (κ2) is 8.87. The summed E-state index contributed by atoms with van der Waals surface area (Å²) in [4.78, 5) is 0. The third kappa shape index (κ3) is 4.96. The van der Waals surface area contributed by atoms with Gasteiger partial charge >= 0.3 is 0 Å². The highest BCUT2D eigenvalue weighted by Gasteiger charge is 2.31. The van der Waals surface area contributed by atoms with Crippen LogP contribution >= 0.6 is 22.6 Å². The average molecular weight is 424 g/mol. The first-order valence-electron chi connectivity index (χ1n) is 10.0. The highest BCUT2D eigenvalue weighted by Crippen LogP contribution is 2.44. The molecule has 2 fully saturated rings. The molecule has 128 valence electrons. The summed E-state index contributed by atoms with van der Waals surface area (Å²) in [6, 6.07) is 9.29. The molecule has 0 N–H and O–H groups in total. The van der Waals surface area contributed by atoms with Gasteiger partial charge in [0.1, 0.15) is 0 Å². The maximum atomic E-state index is 2.41. The molecule has 1 aromatic rings. The van der Waals surface area contributed by atoms with Gasteiger partial charge in [0.2, 0.25) is 0 Å². The zero-order valence-corrected chi connectivity index (χ0v) is 16.9. The average Bonchev–Trinajstić information content (AvgIpc) is 2.61. The summed E-state index contributed by atoms with van der Waals surface area (Å²) in [6.45, 7) is 2.33. The summed E-state index contributed by atoms with van der Waals surface area (Å²) in [5, 5.41) is 0. The van der Waals surface area contributed by atoms with E-state index in [0.29, 0.717) is 0 Å². The maximum absolute atomic E-state index is 2.41. The Kier molecular flexibility index (Phi) is 6.85. The molecule has 2 aliphatic carbocycles. The number of benzene rings is 1. The maximum Gasteiger partial charge on any atom is 0.0130 e. The second-order valence-corrected chi connectivity index (χ2v) is 9.33. The minimum atomic E-state index is 0.837. The molecule has 2 aliphatic rings. The smallest absolute Gasteiger partial charge is 0.0130 e. The van der Waals surface area contributed by atoms with Gasteiger partial charge in [-0.25, -0.2) is 0 Å². The molecule has 0 heterocycles. The van der Waals surface area contributed by atoms with Crippen LogP contribution in [0.5, 0.6) is 0 Å². The van der Waals surface area contributed by atoms with Gasteiger partial charge in [0, 0.05) is 3.57 Å². The molecule has 0 radical (unpaired) electrons. The topological polar surface area (TPSA) is 0 Å². The molecule has 0 saturated heterocycles. The van der Waals surface area contributed by atoms with E-state index in [1.807, 2.05) is 0 Å². The van der Waals surface area contributed by atoms with Gasteiger partial charge in [-0.1, -0.05) is 51.2 Å². The molecule has 0 atom stereocenters. The van der Waals surface area contributed by atoms with Gasteiger partial charge in [-0.15, -0.1) is 0 Å². The summed E-state index contributed by atoms with van der Waals surface area (Å²) in [5.74, 6) is 4.01. The SMILES string of the molecule is CCCCC1CCC(C2CCC(c3ccc(I)cc3)CC2)CC1. The summed E-state index contributed by atoms with van der Waals surface area (Å²) in [5.41, 5.74) is 1.59. The van der Waals surface area contributed by atoms with E-state index in [0.717, 1.165) is 23.7 Å². The second-order valence-electron chi connectivity index (χ2n) is 8.09. The van der Waals surface area contributed by atoms with E-state index < -0.39 is 0 Å². The Morgan fingerprint density at radius 1 is 0.826 bits per heavy atom. The molecule has 3 rings (SSSR count). The highest BCUT2D eigenvalue weighted by molar-refractivity contribution is 14.1. The molecule has 0 spiro atoms. The number of hydrogen-bond acceptors (Lipinski definition) is 0. The van der Waals surface area contributed by atoms with Crippen LogP contribution in [0.25, 0.3) is 0 Å². The quantitative estimate of drug-likeness (QED) is 0.428. The largest absolute Gasteiger partial charge is 0.0654 e. The molecule has 2 saturated carbocycles. The molecule has 1 heteroatoms. The van der Waals surface area contributed by atoms with Crippen LogP contribution in [0.2, 0.25) is 0 Å². The van der Waals surface area contributed by atoms with Crippen LogP contribution in [0, 0.1) is 21.3 Å². The van der Waals surface area contributed by atoms with Gasteiger partial charge in [-0.3, -0.25) is 0 Å². The van der Waals surface area contributed by atoms with Crippen molar-refractivity contribution in [3.8, 4) is 0 Å². The molecule has 1 aromatic carbocycles. The molecule has 0 aromatic heterocycles. The van der Waals surface area contributed by atoms with Crippen LogP contribution < -0.4 is 0 Å². The first-order chi connectivity index (χ1) is 11.3. The molecule has 0 bridgehead atoms.